The highest BCUT2D eigenvalue weighted by atomic mass is 35.5. The van der Waals surface area contributed by atoms with Gasteiger partial charge in [-0.2, -0.15) is 0 Å². The Balaban J connectivity index is 1.94. The van der Waals surface area contributed by atoms with Crippen molar-refractivity contribution in [3.8, 4) is 0 Å². The fraction of sp³-hybridized carbons (Fsp3) is 0.708. The van der Waals surface area contributed by atoms with Crippen molar-refractivity contribution in [1.29, 1.82) is 0 Å². The number of unbranched alkanes of at least 4 members (excludes halogenated alkanes) is 3. The molecule has 0 spiro atoms. The van der Waals surface area contributed by atoms with Crippen molar-refractivity contribution in [1.82, 2.24) is 0 Å². The topological polar surface area (TPSA) is 66.8 Å². The number of benzene rings is 1. The number of hydrogen-bond acceptors (Lipinski definition) is 4. The predicted molar refractivity (Wildman–Crippen MR) is 117 cm³/mol. The van der Waals surface area contributed by atoms with E-state index in [0.29, 0.717) is 12.8 Å². The van der Waals surface area contributed by atoms with Gasteiger partial charge in [-0.3, -0.25) is 4.79 Å². The molecule has 164 valence electrons. The Hall–Kier alpha value is -1.10. The van der Waals surface area contributed by atoms with Crippen molar-refractivity contribution in [3.63, 3.8) is 0 Å². The molecule has 2 rings (SSSR count). The van der Waals surface area contributed by atoms with Crippen LogP contribution < -0.4 is 0 Å². The summed E-state index contributed by atoms with van der Waals surface area (Å²) in [5.41, 5.74) is 1.78. The Bertz CT molecular complexity index is 637. The first-order chi connectivity index (χ1) is 13.6. The molecule has 0 amide bonds. The summed E-state index contributed by atoms with van der Waals surface area (Å²) in [6, 6.07) is 8.03. The number of halogens is 1. The van der Waals surface area contributed by atoms with Crippen LogP contribution in [0.3, 0.4) is 0 Å². The molecule has 0 radical (unpaired) electrons. The highest BCUT2D eigenvalue weighted by molar-refractivity contribution is 6.21. The quantitative estimate of drug-likeness (QED) is 0.318. The highest BCUT2D eigenvalue weighted by Gasteiger charge is 2.42. The average Bonchev–Trinajstić information content (AvgIpc) is 2.96. The first kappa shape index (κ1) is 24.2. The third-order valence-corrected chi connectivity index (χ3v) is 6.66. The van der Waals surface area contributed by atoms with E-state index in [1.54, 1.807) is 0 Å². The summed E-state index contributed by atoms with van der Waals surface area (Å²) in [5, 5.41) is 21.1. The van der Waals surface area contributed by atoms with E-state index in [1.165, 1.54) is 7.11 Å². The van der Waals surface area contributed by atoms with Crippen molar-refractivity contribution in [2.75, 3.05) is 7.11 Å². The molecular formula is C24H37ClO4. The van der Waals surface area contributed by atoms with E-state index in [9.17, 15) is 15.0 Å². The van der Waals surface area contributed by atoms with Gasteiger partial charge in [-0.25, -0.2) is 0 Å². The lowest BCUT2D eigenvalue weighted by molar-refractivity contribution is -0.140. The molecule has 5 heteroatoms. The molecule has 1 aromatic rings. The van der Waals surface area contributed by atoms with Crippen LogP contribution in [0, 0.1) is 11.3 Å². The minimum Gasteiger partial charge on any atom is -0.469 e. The van der Waals surface area contributed by atoms with Crippen molar-refractivity contribution >= 4 is 17.6 Å². The zero-order valence-corrected chi connectivity index (χ0v) is 19.0. The lowest BCUT2D eigenvalue weighted by atomic mass is 9.81. The number of ether oxygens (including phenoxy) is 1. The first-order valence-corrected chi connectivity index (χ1v) is 11.3. The SMILES string of the molecule is COC(=O)CCCCCC[C@@H]1[C@@H](c2ccc(C(O)C(C)(C)C)cc2)[C@H](O)C[C@@H]1Cl. The zero-order chi connectivity index (χ0) is 21.6. The molecule has 1 saturated carbocycles. The molecule has 1 unspecified atom stereocenters. The number of aliphatic hydroxyl groups excluding tert-OH is 2. The summed E-state index contributed by atoms with van der Waals surface area (Å²) in [7, 11) is 1.42. The van der Waals surface area contributed by atoms with Crippen LogP contribution in [0.15, 0.2) is 24.3 Å². The highest BCUT2D eigenvalue weighted by Crippen LogP contribution is 2.45. The average molecular weight is 425 g/mol. The van der Waals surface area contributed by atoms with Crippen LogP contribution in [0.5, 0.6) is 0 Å². The standard InChI is InChI=1S/C24H37ClO4/c1-24(2,3)23(28)17-13-11-16(12-14-17)22-18(19(25)15-20(22)26)9-7-5-6-8-10-21(27)29-4/h11-14,18-20,22-23,26,28H,5-10,15H2,1-4H3/t18-,19-,20+,22+,23?/m0/s1. The number of hydrogen-bond donors (Lipinski definition) is 2. The minimum absolute atomic E-state index is 0.0232. The van der Waals surface area contributed by atoms with Crippen LogP contribution in [0.25, 0.3) is 0 Å². The van der Waals surface area contributed by atoms with Gasteiger partial charge in [0.15, 0.2) is 0 Å². The Labute approximate surface area is 180 Å². The molecule has 0 bridgehead atoms. The number of alkyl halides is 1. The van der Waals surface area contributed by atoms with E-state index in [-0.39, 0.29) is 28.6 Å². The van der Waals surface area contributed by atoms with Gasteiger partial charge >= 0.3 is 5.97 Å². The second kappa shape index (κ2) is 10.8. The lowest BCUT2D eigenvalue weighted by Gasteiger charge is -2.27. The van der Waals surface area contributed by atoms with Gasteiger partial charge in [-0.05, 0) is 41.7 Å². The molecule has 0 heterocycles. The van der Waals surface area contributed by atoms with E-state index in [4.69, 9.17) is 11.6 Å². The molecule has 0 aliphatic heterocycles. The van der Waals surface area contributed by atoms with Gasteiger partial charge in [-0.15, -0.1) is 11.6 Å². The maximum Gasteiger partial charge on any atom is 0.305 e. The Morgan fingerprint density at radius 3 is 2.38 bits per heavy atom. The fourth-order valence-electron chi connectivity index (χ4n) is 4.40. The summed E-state index contributed by atoms with van der Waals surface area (Å²) < 4.78 is 4.67. The molecule has 1 fully saturated rings. The van der Waals surface area contributed by atoms with Gasteiger partial charge in [0.1, 0.15) is 0 Å². The molecule has 1 aliphatic rings. The van der Waals surface area contributed by atoms with Crippen molar-refractivity contribution in [3.05, 3.63) is 35.4 Å². The number of carbonyl (C=O) groups is 1. The Kier molecular flexibility index (Phi) is 8.99. The maximum absolute atomic E-state index is 11.2. The molecule has 1 aliphatic carbocycles. The molecule has 5 atom stereocenters. The Morgan fingerprint density at radius 2 is 1.79 bits per heavy atom. The number of esters is 1. The number of rotatable bonds is 9. The smallest absolute Gasteiger partial charge is 0.305 e. The minimum atomic E-state index is -0.522. The second-order valence-corrected chi connectivity index (χ2v) is 10.0. The zero-order valence-electron chi connectivity index (χ0n) is 18.2. The van der Waals surface area contributed by atoms with E-state index < -0.39 is 12.2 Å². The van der Waals surface area contributed by atoms with E-state index in [1.807, 2.05) is 45.0 Å². The summed E-state index contributed by atoms with van der Waals surface area (Å²) in [6.07, 6.45) is 5.06. The predicted octanol–water partition coefficient (Wildman–Crippen LogP) is 5.35. The van der Waals surface area contributed by atoms with Gasteiger partial charge in [0, 0.05) is 17.7 Å². The number of aliphatic hydroxyl groups is 2. The van der Waals surface area contributed by atoms with E-state index in [2.05, 4.69) is 4.74 Å². The number of carbonyl (C=O) groups excluding carboxylic acids is 1. The summed E-state index contributed by atoms with van der Waals surface area (Å²) in [4.78, 5) is 11.2. The van der Waals surface area contributed by atoms with Gasteiger partial charge in [0.2, 0.25) is 0 Å². The van der Waals surface area contributed by atoms with Gasteiger partial charge in [0.05, 0.1) is 19.3 Å². The van der Waals surface area contributed by atoms with Crippen LogP contribution in [0.4, 0.5) is 0 Å². The third kappa shape index (κ3) is 6.70. The van der Waals surface area contributed by atoms with Gasteiger partial charge in [-0.1, -0.05) is 64.3 Å². The fourth-order valence-corrected chi connectivity index (χ4v) is 4.86. The Morgan fingerprint density at radius 1 is 1.17 bits per heavy atom. The monoisotopic (exact) mass is 424 g/mol. The number of methoxy groups -OCH3 is 1. The van der Waals surface area contributed by atoms with Crippen LogP contribution >= 0.6 is 11.6 Å². The molecule has 0 aromatic heterocycles. The largest absolute Gasteiger partial charge is 0.469 e. The van der Waals surface area contributed by atoms with Gasteiger partial charge in [0.25, 0.3) is 0 Å². The van der Waals surface area contributed by atoms with Gasteiger partial charge < -0.3 is 14.9 Å². The second-order valence-electron chi connectivity index (χ2n) is 9.47. The summed E-state index contributed by atoms with van der Waals surface area (Å²) >= 11 is 6.60. The molecule has 2 N–H and O–H groups in total. The van der Waals surface area contributed by atoms with Crippen molar-refractivity contribution in [2.24, 2.45) is 11.3 Å². The van der Waals surface area contributed by atoms with E-state index >= 15 is 0 Å². The van der Waals surface area contributed by atoms with Crippen LogP contribution in [-0.2, 0) is 9.53 Å². The lowest BCUT2D eigenvalue weighted by Crippen LogP contribution is -2.20. The first-order valence-electron chi connectivity index (χ1n) is 10.8. The summed E-state index contributed by atoms with van der Waals surface area (Å²) in [5.74, 6) is 0.129. The van der Waals surface area contributed by atoms with Crippen LogP contribution in [0.2, 0.25) is 0 Å². The molecule has 29 heavy (non-hydrogen) atoms. The third-order valence-electron chi connectivity index (χ3n) is 6.16. The van der Waals surface area contributed by atoms with Crippen LogP contribution in [0.1, 0.15) is 88.9 Å². The van der Waals surface area contributed by atoms with E-state index in [0.717, 1.165) is 43.2 Å². The van der Waals surface area contributed by atoms with Crippen molar-refractivity contribution < 1.29 is 19.7 Å². The normalized spacial score (nSPS) is 25.8. The molecule has 0 saturated heterocycles. The summed E-state index contributed by atoms with van der Waals surface area (Å²) in [6.45, 7) is 6.06. The van der Waals surface area contributed by atoms with Crippen molar-refractivity contribution in [2.45, 2.75) is 89.2 Å². The van der Waals surface area contributed by atoms with Crippen LogP contribution in [-0.4, -0.2) is 34.8 Å². The molecule has 1 aromatic carbocycles. The molecule has 4 nitrogen and oxygen atoms in total. The molecular weight excluding hydrogens is 388 g/mol. The maximum atomic E-state index is 11.2.